The molecule has 152 valence electrons. The van der Waals surface area contributed by atoms with Crippen LogP contribution in [-0.2, 0) is 26.2 Å². The van der Waals surface area contributed by atoms with Crippen molar-refractivity contribution in [2.45, 2.75) is 43.6 Å². The molecule has 1 saturated carbocycles. The van der Waals surface area contributed by atoms with Gasteiger partial charge < -0.3 is 20.1 Å². The van der Waals surface area contributed by atoms with Crippen LogP contribution in [0.1, 0.15) is 25.7 Å². The summed E-state index contributed by atoms with van der Waals surface area (Å²) < 4.78 is 29.5. The number of hydrogen-bond acceptors (Lipinski definition) is 5. The average molecular weight is 409 g/mol. The minimum Gasteiger partial charge on any atom is -0.480 e. The van der Waals surface area contributed by atoms with E-state index in [1.54, 1.807) is 35.0 Å². The molecule has 2 atom stereocenters. The minimum absolute atomic E-state index is 0.0890. The smallest absolute Gasteiger partial charge is 0.322 e. The molecule has 0 spiro atoms. The van der Waals surface area contributed by atoms with Crippen molar-refractivity contribution in [1.82, 2.24) is 9.88 Å². The Hall–Kier alpha value is -2.59. The number of aromatic nitrogens is 1. The number of benzene rings is 1. The summed E-state index contributed by atoms with van der Waals surface area (Å²) in [5.41, 5.74) is 0.978. The summed E-state index contributed by atoms with van der Waals surface area (Å²) in [5.74, 6) is -1.59. The number of fused-ring (bicyclic) bond motifs is 1. The molecule has 0 saturated heterocycles. The summed E-state index contributed by atoms with van der Waals surface area (Å²) in [7, 11) is -3.75. The number of carbonyl (C=O) groups is 2. The Morgan fingerprint density at radius 1 is 1.18 bits per heavy atom. The predicted octanol–water partition coefficient (Wildman–Crippen LogP) is 0.887. The summed E-state index contributed by atoms with van der Waals surface area (Å²) in [6.45, 7) is -0.554. The van der Waals surface area contributed by atoms with Gasteiger partial charge in [0.1, 0.15) is 18.3 Å². The molecule has 1 aliphatic carbocycles. The number of amides is 1. The third-order valence-electron chi connectivity index (χ3n) is 4.85. The molecule has 2 aromatic rings. The molecule has 1 heterocycles. The number of nitrogens with zero attached hydrogens (tertiary/aromatic N) is 1. The maximum absolute atomic E-state index is 12.7. The largest absolute Gasteiger partial charge is 0.480 e. The lowest BCUT2D eigenvalue weighted by atomic mass is 9.97. The van der Waals surface area contributed by atoms with Crippen molar-refractivity contribution in [2.24, 2.45) is 0 Å². The fourth-order valence-electron chi connectivity index (χ4n) is 3.45. The van der Waals surface area contributed by atoms with Crippen LogP contribution < -0.4 is 10.0 Å². The van der Waals surface area contributed by atoms with Crippen molar-refractivity contribution in [2.75, 3.05) is 11.3 Å². The van der Waals surface area contributed by atoms with E-state index in [1.165, 1.54) is 0 Å². The Labute approximate surface area is 162 Å². The number of hydrogen-bond donors (Lipinski definition) is 4. The van der Waals surface area contributed by atoms with Crippen LogP contribution in [-0.4, -0.2) is 53.0 Å². The third-order valence-corrected chi connectivity index (χ3v) is 6.72. The van der Waals surface area contributed by atoms with Crippen molar-refractivity contribution in [3.05, 3.63) is 30.5 Å². The molecule has 9 nitrogen and oxygen atoms in total. The number of aliphatic carboxylic acids is 1. The number of nitrogens with one attached hydrogen (secondary N) is 2. The number of carboxylic acids is 1. The summed E-state index contributed by atoms with van der Waals surface area (Å²) in [6.07, 6.45) is 3.26. The molecule has 2 unspecified atom stereocenters. The van der Waals surface area contributed by atoms with E-state index in [-0.39, 0.29) is 6.54 Å². The molecule has 10 heteroatoms. The molecule has 28 heavy (non-hydrogen) atoms. The Morgan fingerprint density at radius 3 is 2.64 bits per heavy atom. The summed E-state index contributed by atoms with van der Waals surface area (Å²) in [5, 5.41) is 20.9. The zero-order valence-corrected chi connectivity index (χ0v) is 16.0. The molecule has 1 aromatic carbocycles. The number of carboxylic acid groups (broad SMARTS) is 1. The Balaban J connectivity index is 1.78. The molecule has 4 N–H and O–H groups in total. The second-order valence-electron chi connectivity index (χ2n) is 6.93. The van der Waals surface area contributed by atoms with Crippen molar-refractivity contribution < 1.29 is 28.2 Å². The van der Waals surface area contributed by atoms with Crippen LogP contribution in [0.5, 0.6) is 0 Å². The van der Waals surface area contributed by atoms with Crippen LogP contribution in [0.15, 0.2) is 30.5 Å². The molecule has 1 fully saturated rings. The molecule has 0 radical (unpaired) electrons. The first kappa shape index (κ1) is 20.2. The van der Waals surface area contributed by atoms with E-state index in [1.807, 2.05) is 0 Å². The van der Waals surface area contributed by atoms with E-state index in [0.29, 0.717) is 24.0 Å². The van der Waals surface area contributed by atoms with Crippen molar-refractivity contribution in [3.8, 4) is 0 Å². The van der Waals surface area contributed by atoms with Gasteiger partial charge in [-0.2, -0.15) is 0 Å². The van der Waals surface area contributed by atoms with E-state index >= 15 is 0 Å². The number of aliphatic hydroxyl groups is 1. The van der Waals surface area contributed by atoms with Gasteiger partial charge in [0.25, 0.3) is 0 Å². The highest BCUT2D eigenvalue weighted by Gasteiger charge is 2.34. The first-order valence-corrected chi connectivity index (χ1v) is 10.6. The van der Waals surface area contributed by atoms with E-state index < -0.39 is 39.8 Å². The summed E-state index contributed by atoms with van der Waals surface area (Å²) in [6, 6.07) is 6.76. The molecule has 3 rings (SSSR count). The van der Waals surface area contributed by atoms with Gasteiger partial charge in [-0.3, -0.25) is 14.3 Å². The second kappa shape index (κ2) is 8.19. The summed E-state index contributed by atoms with van der Waals surface area (Å²) in [4.78, 5) is 22.4. The van der Waals surface area contributed by atoms with Crippen molar-refractivity contribution in [1.29, 1.82) is 0 Å². The van der Waals surface area contributed by atoms with Crippen molar-refractivity contribution >= 4 is 38.5 Å². The van der Waals surface area contributed by atoms with Gasteiger partial charge in [-0.15, -0.1) is 0 Å². The maximum Gasteiger partial charge on any atom is 0.322 e. The van der Waals surface area contributed by atoms with Gasteiger partial charge in [0.05, 0.1) is 17.3 Å². The topological polar surface area (TPSA) is 138 Å². The number of aliphatic hydroxyl groups excluding tert-OH is 1. The Morgan fingerprint density at radius 2 is 1.93 bits per heavy atom. The van der Waals surface area contributed by atoms with Crippen molar-refractivity contribution in [3.63, 3.8) is 0 Å². The molecular formula is C18H23N3O6S. The van der Waals surface area contributed by atoms with Crippen LogP contribution in [0.2, 0.25) is 0 Å². The highest BCUT2D eigenvalue weighted by atomic mass is 32.2. The Kier molecular flexibility index (Phi) is 5.90. The maximum atomic E-state index is 12.7. The highest BCUT2D eigenvalue weighted by molar-refractivity contribution is 7.93. The zero-order chi connectivity index (χ0) is 20.3. The van der Waals surface area contributed by atoms with E-state index in [4.69, 9.17) is 5.11 Å². The SMILES string of the molecule is O=C(O)CNC(=O)Cn1ccc2ccc(NS(=O)(=O)C3CCCCC3O)cc21. The quantitative estimate of drug-likeness (QED) is 0.536. The predicted molar refractivity (Wildman–Crippen MR) is 103 cm³/mol. The van der Waals surface area contributed by atoms with Gasteiger partial charge in [0.2, 0.25) is 15.9 Å². The lowest BCUT2D eigenvalue weighted by Gasteiger charge is -2.27. The normalized spacial score (nSPS) is 20.0. The molecule has 1 aliphatic rings. The molecule has 0 aliphatic heterocycles. The van der Waals surface area contributed by atoms with Crippen LogP contribution in [0, 0.1) is 0 Å². The van der Waals surface area contributed by atoms with E-state index in [2.05, 4.69) is 10.0 Å². The number of rotatable bonds is 7. The highest BCUT2D eigenvalue weighted by Crippen LogP contribution is 2.27. The monoisotopic (exact) mass is 409 g/mol. The van der Waals surface area contributed by atoms with Gasteiger partial charge in [-0.25, -0.2) is 8.42 Å². The number of carbonyl (C=O) groups excluding carboxylic acids is 1. The van der Waals surface area contributed by atoms with Gasteiger partial charge >= 0.3 is 5.97 Å². The Bertz CT molecular complexity index is 984. The van der Waals surface area contributed by atoms with Crippen LogP contribution in [0.4, 0.5) is 5.69 Å². The van der Waals surface area contributed by atoms with Gasteiger partial charge in [0.15, 0.2) is 0 Å². The lowest BCUT2D eigenvalue weighted by molar-refractivity contribution is -0.138. The first-order chi connectivity index (χ1) is 13.3. The fourth-order valence-corrected chi connectivity index (χ4v) is 5.08. The summed E-state index contributed by atoms with van der Waals surface area (Å²) >= 11 is 0. The number of sulfonamides is 1. The average Bonchev–Trinajstić information content (AvgIpc) is 3.02. The van der Waals surface area contributed by atoms with Crippen LogP contribution >= 0.6 is 0 Å². The van der Waals surface area contributed by atoms with E-state index in [9.17, 15) is 23.1 Å². The molecule has 1 amide bonds. The fraction of sp³-hybridized carbons (Fsp3) is 0.444. The van der Waals surface area contributed by atoms with Gasteiger partial charge in [0, 0.05) is 6.20 Å². The van der Waals surface area contributed by atoms with E-state index in [0.717, 1.165) is 18.2 Å². The van der Waals surface area contributed by atoms with Crippen LogP contribution in [0.25, 0.3) is 10.9 Å². The standard InChI is InChI=1S/C18H23N3O6S/c22-15-3-1-2-4-16(15)28(26,27)20-13-6-5-12-7-8-21(14(12)9-13)11-17(23)19-10-18(24)25/h5-9,15-16,20,22H,1-4,10-11H2,(H,19,23)(H,24,25). The lowest BCUT2D eigenvalue weighted by Crippen LogP contribution is -2.40. The first-order valence-electron chi connectivity index (χ1n) is 9.03. The number of anilines is 1. The van der Waals surface area contributed by atoms with Crippen LogP contribution in [0.3, 0.4) is 0 Å². The van der Waals surface area contributed by atoms with Gasteiger partial charge in [-0.1, -0.05) is 18.9 Å². The zero-order valence-electron chi connectivity index (χ0n) is 15.2. The third kappa shape index (κ3) is 4.63. The second-order valence-corrected chi connectivity index (χ2v) is 8.82. The molecule has 1 aromatic heterocycles. The minimum atomic E-state index is -3.75. The molecular weight excluding hydrogens is 386 g/mol. The molecule has 0 bridgehead atoms. The van der Waals surface area contributed by atoms with Gasteiger partial charge in [-0.05, 0) is 36.4 Å².